The van der Waals surface area contributed by atoms with Crippen LogP contribution < -0.4 is 38.1 Å². The number of carbonyl (C=O) groups excluding carboxylic acids is 6. The average Bonchev–Trinajstić information content (AvgIpc) is 3.53. The van der Waals surface area contributed by atoms with Crippen molar-refractivity contribution >= 4 is 80.0 Å². The largest absolute Gasteiger partial charge is 0.481 e. The summed E-state index contributed by atoms with van der Waals surface area (Å²) in [6.07, 6.45) is 2.73. The Morgan fingerprint density at radius 2 is 1.28 bits per heavy atom. The van der Waals surface area contributed by atoms with Crippen molar-refractivity contribution in [3.05, 3.63) is 71.9 Å². The van der Waals surface area contributed by atoms with E-state index in [9.17, 15) is 38.7 Å². The average molecular weight is 818 g/mol. The third kappa shape index (κ3) is 13.2. The molecule has 0 aliphatic rings. The Morgan fingerprint density at radius 3 is 1.89 bits per heavy atom. The summed E-state index contributed by atoms with van der Waals surface area (Å²) in [4.78, 5) is 93.9. The molecule has 0 saturated heterocycles. The molecule has 16 nitrogen and oxygen atoms in total. The van der Waals surface area contributed by atoms with Gasteiger partial charge in [-0.1, -0.05) is 64.5 Å². The van der Waals surface area contributed by atoms with Gasteiger partial charge in [0.05, 0.1) is 12.5 Å². The molecule has 0 bridgehead atoms. The fourth-order valence-electron chi connectivity index (χ4n) is 5.26. The third-order valence-electron chi connectivity index (χ3n) is 8.13. The van der Waals surface area contributed by atoms with Crippen molar-refractivity contribution < 1.29 is 38.7 Å². The van der Waals surface area contributed by atoms with Crippen LogP contribution in [0.5, 0.6) is 0 Å². The minimum Gasteiger partial charge on any atom is -0.481 e. The Kier molecular flexibility index (Phi) is 16.8. The fourth-order valence-corrected chi connectivity index (χ4v) is 6.21. The molecule has 11 N–H and O–H groups in total. The lowest BCUT2D eigenvalue weighted by molar-refractivity contribution is -0.141. The maximum Gasteiger partial charge on any atom is 0.305 e. The molecular weight excluding hydrogens is 772 g/mol. The standard InChI is InChI=1S/C35H45BrN8O8S/c1-19(37)31(48)41-26(15-21-18-39-23-11-7-6-10-22(21)23)34(51)40-24(12-13-53-2)32(49)43-27(16-29(45)46)35(52)42-25(14-20-8-4-3-5-9-20)33(50)44-28(17-36)30(38)47/h3-11,18-19,24-28,39H,12-17,37H2,1-2H3,(H2,38,47)(H,40,51)(H,41,48)(H,42,52)(H,43,49)(H,44,50)(H,45,46)/t19-,24+,25+,26+,27+,28-/m1/s1. The van der Waals surface area contributed by atoms with Gasteiger partial charge >= 0.3 is 5.97 Å². The van der Waals surface area contributed by atoms with Crippen LogP contribution >= 0.6 is 27.7 Å². The highest BCUT2D eigenvalue weighted by Crippen LogP contribution is 2.19. The van der Waals surface area contributed by atoms with Gasteiger partial charge in [0.1, 0.15) is 30.2 Å². The Morgan fingerprint density at radius 1 is 0.755 bits per heavy atom. The number of nitrogens with two attached hydrogens (primary N) is 2. The van der Waals surface area contributed by atoms with Gasteiger partial charge < -0.3 is 48.1 Å². The van der Waals surface area contributed by atoms with Gasteiger partial charge in [-0.05, 0) is 42.5 Å². The minimum absolute atomic E-state index is 0.00149. The van der Waals surface area contributed by atoms with Crippen LogP contribution in [-0.2, 0) is 46.4 Å². The molecule has 286 valence electrons. The monoisotopic (exact) mass is 816 g/mol. The van der Waals surface area contributed by atoms with Crippen LogP contribution in [0.2, 0.25) is 0 Å². The number of rotatable bonds is 21. The van der Waals surface area contributed by atoms with Crippen molar-refractivity contribution in [2.75, 3.05) is 17.3 Å². The molecule has 3 aromatic rings. The smallest absolute Gasteiger partial charge is 0.305 e. The maximum atomic E-state index is 13.8. The number of para-hydroxylation sites is 1. The number of carboxylic acids is 1. The van der Waals surface area contributed by atoms with Crippen LogP contribution in [-0.4, -0.2) is 105 Å². The van der Waals surface area contributed by atoms with E-state index < -0.39 is 84.1 Å². The van der Waals surface area contributed by atoms with Crippen LogP contribution in [0.25, 0.3) is 10.9 Å². The number of amides is 6. The molecule has 0 aliphatic carbocycles. The molecule has 0 aliphatic heterocycles. The molecule has 2 aromatic carbocycles. The van der Waals surface area contributed by atoms with E-state index in [0.29, 0.717) is 11.3 Å². The Balaban J connectivity index is 1.85. The number of carboxylic acid groups (broad SMARTS) is 1. The van der Waals surface area contributed by atoms with Crippen LogP contribution in [0.15, 0.2) is 60.8 Å². The molecule has 0 saturated carbocycles. The lowest BCUT2D eigenvalue weighted by Gasteiger charge is -2.26. The second-order valence-corrected chi connectivity index (χ2v) is 13.9. The van der Waals surface area contributed by atoms with Gasteiger partial charge in [0.25, 0.3) is 0 Å². The molecule has 1 heterocycles. The molecule has 0 unspecified atom stereocenters. The van der Waals surface area contributed by atoms with E-state index in [0.717, 1.165) is 16.5 Å². The van der Waals surface area contributed by atoms with Crippen molar-refractivity contribution in [2.45, 2.75) is 68.9 Å². The number of aliphatic carboxylic acids is 1. The molecule has 6 amide bonds. The normalized spacial score (nSPS) is 14.4. The van der Waals surface area contributed by atoms with Crippen LogP contribution in [0, 0.1) is 0 Å². The topological polar surface area (TPSA) is 268 Å². The number of primary amides is 1. The van der Waals surface area contributed by atoms with Gasteiger partial charge in [-0.3, -0.25) is 33.6 Å². The fraction of sp³-hybridized carbons (Fsp3) is 0.400. The van der Waals surface area contributed by atoms with Gasteiger partial charge in [0, 0.05) is 35.3 Å². The minimum atomic E-state index is -1.68. The Bertz CT molecular complexity index is 1760. The van der Waals surface area contributed by atoms with Gasteiger partial charge in [0.15, 0.2) is 0 Å². The first kappa shape index (κ1) is 42.5. The molecule has 53 heavy (non-hydrogen) atoms. The van der Waals surface area contributed by atoms with E-state index in [1.807, 2.05) is 24.3 Å². The summed E-state index contributed by atoms with van der Waals surface area (Å²) < 4.78 is 0. The van der Waals surface area contributed by atoms with Crippen molar-refractivity contribution in [2.24, 2.45) is 11.5 Å². The first-order chi connectivity index (χ1) is 25.2. The molecular formula is C35H45BrN8O8S. The molecule has 0 spiro atoms. The summed E-state index contributed by atoms with van der Waals surface area (Å²) in [5, 5.41) is 23.2. The maximum absolute atomic E-state index is 13.8. The van der Waals surface area contributed by atoms with Crippen molar-refractivity contribution in [3.63, 3.8) is 0 Å². The summed E-state index contributed by atoms with van der Waals surface area (Å²) in [6.45, 7) is 1.46. The number of aromatic nitrogens is 1. The van der Waals surface area contributed by atoms with Crippen molar-refractivity contribution in [1.82, 2.24) is 31.6 Å². The predicted molar refractivity (Wildman–Crippen MR) is 204 cm³/mol. The highest BCUT2D eigenvalue weighted by atomic mass is 79.9. The summed E-state index contributed by atoms with van der Waals surface area (Å²) in [7, 11) is 0. The first-order valence-electron chi connectivity index (χ1n) is 16.7. The predicted octanol–water partition coefficient (Wildman–Crippen LogP) is -0.168. The number of nitrogens with one attached hydrogen (secondary N) is 6. The number of H-pyrrole nitrogens is 1. The lowest BCUT2D eigenvalue weighted by atomic mass is 10.0. The summed E-state index contributed by atoms with van der Waals surface area (Å²) in [5.41, 5.74) is 13.3. The number of carbonyl (C=O) groups is 7. The number of aromatic amines is 1. The number of hydrogen-bond donors (Lipinski definition) is 9. The van der Waals surface area contributed by atoms with Crippen LogP contribution in [0.3, 0.4) is 0 Å². The van der Waals surface area contributed by atoms with E-state index in [-0.39, 0.29) is 24.6 Å². The quantitative estimate of drug-likeness (QED) is 0.0641. The van der Waals surface area contributed by atoms with E-state index in [4.69, 9.17) is 11.5 Å². The van der Waals surface area contributed by atoms with E-state index in [2.05, 4.69) is 47.5 Å². The zero-order valence-electron chi connectivity index (χ0n) is 29.2. The number of thioether (sulfide) groups is 1. The number of hydrogen-bond acceptors (Lipinski definition) is 9. The number of alkyl halides is 1. The van der Waals surface area contributed by atoms with Gasteiger partial charge in [0.2, 0.25) is 35.4 Å². The van der Waals surface area contributed by atoms with Crippen LogP contribution in [0.1, 0.15) is 30.9 Å². The third-order valence-corrected chi connectivity index (χ3v) is 9.42. The van der Waals surface area contributed by atoms with Crippen molar-refractivity contribution in [3.8, 4) is 0 Å². The highest BCUT2D eigenvalue weighted by Gasteiger charge is 2.33. The second-order valence-electron chi connectivity index (χ2n) is 12.3. The Labute approximate surface area is 318 Å². The van der Waals surface area contributed by atoms with Gasteiger partial charge in [-0.15, -0.1) is 0 Å². The van der Waals surface area contributed by atoms with Gasteiger partial charge in [-0.25, -0.2) is 0 Å². The number of fused-ring (bicyclic) bond motifs is 1. The summed E-state index contributed by atoms with van der Waals surface area (Å²) in [5.74, 6) is -5.80. The summed E-state index contributed by atoms with van der Waals surface area (Å²) in [6, 6.07) is 8.58. The molecule has 18 heteroatoms. The van der Waals surface area contributed by atoms with Gasteiger partial charge in [-0.2, -0.15) is 11.8 Å². The summed E-state index contributed by atoms with van der Waals surface area (Å²) >= 11 is 4.50. The lowest BCUT2D eigenvalue weighted by Crippen LogP contribution is -2.60. The SMILES string of the molecule is CSCC[C@H](NC(=O)[C@H](Cc1c[nH]c2ccccc12)NC(=O)[C@@H](C)N)C(=O)N[C@@H](CC(=O)O)C(=O)N[C@@H](Cc1ccccc1)C(=O)N[C@H](CBr)C(N)=O. The number of benzene rings is 2. The zero-order valence-corrected chi connectivity index (χ0v) is 31.6. The van der Waals surface area contributed by atoms with Crippen molar-refractivity contribution in [1.29, 1.82) is 0 Å². The van der Waals surface area contributed by atoms with E-state index >= 15 is 0 Å². The second kappa shape index (κ2) is 20.9. The van der Waals surface area contributed by atoms with E-state index in [1.165, 1.54) is 18.7 Å². The number of halogens is 1. The Hall–Kier alpha value is -4.94. The molecule has 6 atom stereocenters. The van der Waals surface area contributed by atoms with E-state index in [1.54, 1.807) is 42.8 Å². The zero-order chi connectivity index (χ0) is 39.1. The molecule has 1 aromatic heterocycles. The highest BCUT2D eigenvalue weighted by molar-refractivity contribution is 9.09. The molecule has 0 fully saturated rings. The molecule has 0 radical (unpaired) electrons. The molecule has 3 rings (SSSR count). The van der Waals surface area contributed by atoms with Crippen LogP contribution in [0.4, 0.5) is 0 Å². The first-order valence-corrected chi connectivity index (χ1v) is 19.2.